The van der Waals surface area contributed by atoms with Gasteiger partial charge in [0.2, 0.25) is 0 Å². The first kappa shape index (κ1) is 8.64. The fraction of sp³-hybridized carbons (Fsp3) is 0.167. The zero-order chi connectivity index (χ0) is 9.26. The maximum absolute atomic E-state index is 5.56. The number of nitrogen functional groups attached to an aromatic ring is 1. The summed E-state index contributed by atoms with van der Waals surface area (Å²) in [5.74, 6) is 0.489. The Morgan fingerprint density at radius 1 is 1.62 bits per heavy atom. The minimum Gasteiger partial charge on any atom is -0.381 e. The molecule has 0 radical (unpaired) electrons. The molecule has 0 fully saturated rings. The largest absolute Gasteiger partial charge is 0.381 e. The normalized spacial score (nSPS) is 10.5. The van der Waals surface area contributed by atoms with E-state index in [-0.39, 0.29) is 0 Å². The molecule has 0 unspecified atom stereocenters. The van der Waals surface area contributed by atoms with Crippen molar-refractivity contribution in [2.75, 3.05) is 5.73 Å². The molecule has 2 heterocycles. The Kier molecular flexibility index (Phi) is 2.28. The van der Waals surface area contributed by atoms with Crippen molar-refractivity contribution in [3.8, 4) is 0 Å². The van der Waals surface area contributed by atoms with E-state index in [9.17, 15) is 0 Å². The summed E-state index contributed by atoms with van der Waals surface area (Å²) in [5, 5.41) is 9.85. The fourth-order valence-electron chi connectivity index (χ4n) is 0.912. The molecule has 0 amide bonds. The first-order valence-corrected chi connectivity index (χ1v) is 5.13. The van der Waals surface area contributed by atoms with Gasteiger partial charge in [0.25, 0.3) is 0 Å². The number of rotatable bonds is 2. The van der Waals surface area contributed by atoms with Crippen LogP contribution in [-0.2, 0) is 6.54 Å². The van der Waals surface area contributed by atoms with Crippen LogP contribution < -0.4 is 5.73 Å². The molecular formula is C6H6BrN5S. The van der Waals surface area contributed by atoms with Gasteiger partial charge < -0.3 is 5.73 Å². The summed E-state index contributed by atoms with van der Waals surface area (Å²) in [5.41, 5.74) is 6.45. The lowest BCUT2D eigenvalue weighted by molar-refractivity contribution is 0.673. The Bertz CT molecular complexity index is 376. The van der Waals surface area contributed by atoms with Gasteiger partial charge in [-0.25, -0.2) is 0 Å². The quantitative estimate of drug-likeness (QED) is 0.878. The second kappa shape index (κ2) is 3.43. The van der Waals surface area contributed by atoms with E-state index in [0.29, 0.717) is 12.4 Å². The Balaban J connectivity index is 2.19. The molecule has 0 saturated heterocycles. The lowest BCUT2D eigenvalue weighted by atomic mass is 10.5. The third kappa shape index (κ3) is 1.86. The predicted octanol–water partition coefficient (Wildman–Crippen LogP) is 1.13. The summed E-state index contributed by atoms with van der Waals surface area (Å²) < 4.78 is 6.28. The summed E-state index contributed by atoms with van der Waals surface area (Å²) >= 11 is 4.60. The number of nitrogens with zero attached hydrogens (tertiary/aromatic N) is 4. The van der Waals surface area contributed by atoms with Crippen LogP contribution in [0.3, 0.4) is 0 Å². The second-order valence-electron chi connectivity index (χ2n) is 2.46. The molecular weight excluding hydrogens is 254 g/mol. The SMILES string of the molecule is Nc1nn(Cc2csnn2)cc1Br. The lowest BCUT2D eigenvalue weighted by Gasteiger charge is -1.94. The van der Waals surface area contributed by atoms with Crippen LogP contribution in [0.4, 0.5) is 5.82 Å². The van der Waals surface area contributed by atoms with E-state index < -0.39 is 0 Å². The van der Waals surface area contributed by atoms with Crippen LogP contribution in [0, 0.1) is 0 Å². The monoisotopic (exact) mass is 259 g/mol. The Hall–Kier alpha value is -0.950. The van der Waals surface area contributed by atoms with Crippen LogP contribution in [0.5, 0.6) is 0 Å². The van der Waals surface area contributed by atoms with E-state index in [1.54, 1.807) is 4.68 Å². The Labute approximate surface area is 86.9 Å². The maximum Gasteiger partial charge on any atom is 0.159 e. The highest BCUT2D eigenvalue weighted by molar-refractivity contribution is 9.10. The number of hydrogen-bond acceptors (Lipinski definition) is 5. The number of anilines is 1. The second-order valence-corrected chi connectivity index (χ2v) is 3.92. The summed E-state index contributed by atoms with van der Waals surface area (Å²) in [7, 11) is 0. The van der Waals surface area contributed by atoms with Gasteiger partial charge in [-0.15, -0.1) is 5.10 Å². The van der Waals surface area contributed by atoms with Crippen molar-refractivity contribution in [1.29, 1.82) is 0 Å². The van der Waals surface area contributed by atoms with E-state index >= 15 is 0 Å². The standard InChI is InChI=1S/C6H6BrN5S/c7-5-2-12(10-6(5)8)1-4-3-13-11-9-4/h2-3H,1H2,(H2,8,10). The van der Waals surface area contributed by atoms with Gasteiger partial charge >= 0.3 is 0 Å². The minimum atomic E-state index is 0.489. The van der Waals surface area contributed by atoms with Crippen LogP contribution >= 0.6 is 27.5 Å². The highest BCUT2D eigenvalue weighted by Crippen LogP contribution is 2.16. The van der Waals surface area contributed by atoms with E-state index in [2.05, 4.69) is 30.6 Å². The molecule has 0 saturated carbocycles. The topological polar surface area (TPSA) is 69.6 Å². The minimum absolute atomic E-state index is 0.489. The van der Waals surface area contributed by atoms with Gasteiger partial charge in [-0.2, -0.15) is 5.10 Å². The molecule has 0 spiro atoms. The molecule has 7 heteroatoms. The fourth-order valence-corrected chi connectivity index (χ4v) is 1.67. The molecule has 2 N–H and O–H groups in total. The average molecular weight is 260 g/mol. The average Bonchev–Trinajstić information content (AvgIpc) is 2.64. The molecule has 0 aliphatic heterocycles. The molecule has 0 aromatic carbocycles. The number of nitrogens with two attached hydrogens (primary N) is 1. The molecule has 0 atom stereocenters. The van der Waals surface area contributed by atoms with Gasteiger partial charge in [0.05, 0.1) is 16.7 Å². The van der Waals surface area contributed by atoms with Crippen molar-refractivity contribution < 1.29 is 0 Å². The first-order valence-electron chi connectivity index (χ1n) is 3.50. The van der Waals surface area contributed by atoms with Crippen molar-refractivity contribution >= 4 is 33.3 Å². The summed E-state index contributed by atoms with van der Waals surface area (Å²) in [4.78, 5) is 0. The third-order valence-electron chi connectivity index (χ3n) is 1.47. The smallest absolute Gasteiger partial charge is 0.159 e. The van der Waals surface area contributed by atoms with Crippen LogP contribution in [0.1, 0.15) is 5.69 Å². The molecule has 2 rings (SSSR count). The van der Waals surface area contributed by atoms with Crippen molar-refractivity contribution in [3.05, 3.63) is 21.7 Å². The molecule has 2 aromatic heterocycles. The van der Waals surface area contributed by atoms with Crippen molar-refractivity contribution in [3.63, 3.8) is 0 Å². The van der Waals surface area contributed by atoms with Gasteiger partial charge in [0.15, 0.2) is 5.82 Å². The predicted molar refractivity (Wildman–Crippen MR) is 53.4 cm³/mol. The van der Waals surface area contributed by atoms with Crippen molar-refractivity contribution in [2.45, 2.75) is 6.54 Å². The molecule has 68 valence electrons. The van der Waals surface area contributed by atoms with Crippen molar-refractivity contribution in [1.82, 2.24) is 19.4 Å². The molecule has 0 aliphatic carbocycles. The molecule has 5 nitrogen and oxygen atoms in total. The molecule has 2 aromatic rings. The van der Waals surface area contributed by atoms with Crippen LogP contribution in [0.25, 0.3) is 0 Å². The summed E-state index contributed by atoms with van der Waals surface area (Å²) in [6.45, 7) is 0.603. The van der Waals surface area contributed by atoms with Gasteiger partial charge in [-0.05, 0) is 27.5 Å². The molecule has 0 aliphatic rings. The Morgan fingerprint density at radius 3 is 3.00 bits per heavy atom. The Morgan fingerprint density at radius 2 is 2.46 bits per heavy atom. The van der Waals surface area contributed by atoms with Gasteiger partial charge in [0.1, 0.15) is 0 Å². The zero-order valence-electron chi connectivity index (χ0n) is 6.51. The highest BCUT2D eigenvalue weighted by atomic mass is 79.9. The maximum atomic E-state index is 5.56. The number of halogens is 1. The van der Waals surface area contributed by atoms with Gasteiger partial charge in [0, 0.05) is 11.6 Å². The van der Waals surface area contributed by atoms with Gasteiger partial charge in [-0.1, -0.05) is 4.49 Å². The number of aromatic nitrogens is 4. The van der Waals surface area contributed by atoms with E-state index in [0.717, 1.165) is 10.2 Å². The highest BCUT2D eigenvalue weighted by Gasteiger charge is 2.03. The molecule has 0 bridgehead atoms. The summed E-state index contributed by atoms with van der Waals surface area (Å²) in [6, 6.07) is 0. The lowest BCUT2D eigenvalue weighted by Crippen LogP contribution is -2.01. The summed E-state index contributed by atoms with van der Waals surface area (Å²) in [6.07, 6.45) is 1.81. The van der Waals surface area contributed by atoms with Gasteiger partial charge in [-0.3, -0.25) is 4.68 Å². The van der Waals surface area contributed by atoms with E-state index in [1.807, 2.05) is 11.6 Å². The first-order chi connectivity index (χ1) is 6.25. The van der Waals surface area contributed by atoms with Crippen LogP contribution in [0.15, 0.2) is 16.0 Å². The third-order valence-corrected chi connectivity index (χ3v) is 2.64. The van der Waals surface area contributed by atoms with E-state index in [4.69, 9.17) is 5.73 Å². The molecule has 13 heavy (non-hydrogen) atoms. The van der Waals surface area contributed by atoms with Crippen molar-refractivity contribution in [2.24, 2.45) is 0 Å². The van der Waals surface area contributed by atoms with Crippen LogP contribution in [-0.4, -0.2) is 19.4 Å². The van der Waals surface area contributed by atoms with E-state index in [1.165, 1.54) is 11.5 Å². The van der Waals surface area contributed by atoms with Crippen LogP contribution in [0.2, 0.25) is 0 Å². The number of hydrogen-bond donors (Lipinski definition) is 1. The zero-order valence-corrected chi connectivity index (χ0v) is 8.92.